The summed E-state index contributed by atoms with van der Waals surface area (Å²) in [5, 5.41) is 0. The molecule has 0 spiro atoms. The van der Waals surface area contributed by atoms with Crippen molar-refractivity contribution >= 4 is 7.82 Å². The van der Waals surface area contributed by atoms with Crippen molar-refractivity contribution in [3.8, 4) is 0 Å². The first-order valence-corrected chi connectivity index (χ1v) is 10.0. The van der Waals surface area contributed by atoms with Crippen molar-refractivity contribution in [2.75, 3.05) is 13.2 Å². The summed E-state index contributed by atoms with van der Waals surface area (Å²) in [4.78, 5) is 11.7. The van der Waals surface area contributed by atoms with E-state index in [9.17, 15) is 9.46 Å². The summed E-state index contributed by atoms with van der Waals surface area (Å²) < 4.78 is 21.8. The Morgan fingerprint density at radius 1 is 0.909 bits per heavy atom. The van der Waals surface area contributed by atoms with Crippen LogP contribution in [0, 0.1) is 11.8 Å². The third-order valence-electron chi connectivity index (χ3n) is 4.06. The van der Waals surface area contributed by atoms with Crippen LogP contribution in [-0.2, 0) is 13.6 Å². The van der Waals surface area contributed by atoms with Crippen LogP contribution in [0.15, 0.2) is 0 Å². The summed E-state index contributed by atoms with van der Waals surface area (Å²) in [5.74, 6) is 0.849. The molecule has 3 unspecified atom stereocenters. The largest absolute Gasteiger partial charge is 1.00 e. The van der Waals surface area contributed by atoms with Crippen LogP contribution >= 0.6 is 7.82 Å². The second kappa shape index (κ2) is 15.6. The molecule has 0 aromatic rings. The number of rotatable bonds is 14. The molecular formula is C16H34NaO4P. The first-order valence-electron chi connectivity index (χ1n) is 8.59. The summed E-state index contributed by atoms with van der Waals surface area (Å²) in [6, 6.07) is 0. The number of unbranched alkanes of at least 4 members (excludes halogenated alkanes) is 1. The summed E-state index contributed by atoms with van der Waals surface area (Å²) in [5.41, 5.74) is 0. The minimum absolute atomic E-state index is 0. The fourth-order valence-electron chi connectivity index (χ4n) is 2.42. The maximum atomic E-state index is 11.7. The minimum atomic E-state index is -4.13. The van der Waals surface area contributed by atoms with E-state index < -0.39 is 7.82 Å². The molecule has 0 saturated heterocycles. The third-order valence-corrected chi connectivity index (χ3v) is 5.03. The smallest absolute Gasteiger partial charge is 0.756 e. The van der Waals surface area contributed by atoms with Crippen LogP contribution in [-0.4, -0.2) is 13.2 Å². The van der Waals surface area contributed by atoms with Crippen molar-refractivity contribution in [2.24, 2.45) is 11.8 Å². The molecule has 0 aliphatic carbocycles. The van der Waals surface area contributed by atoms with Crippen molar-refractivity contribution < 1.29 is 48.1 Å². The van der Waals surface area contributed by atoms with Crippen molar-refractivity contribution in [1.82, 2.24) is 0 Å². The van der Waals surface area contributed by atoms with E-state index in [0.29, 0.717) is 11.8 Å². The number of hydrogen-bond donors (Lipinski definition) is 0. The summed E-state index contributed by atoms with van der Waals surface area (Å²) in [6.07, 6.45) is 8.29. The summed E-state index contributed by atoms with van der Waals surface area (Å²) in [6.45, 7) is 8.97. The molecule has 0 heterocycles. The van der Waals surface area contributed by atoms with Crippen LogP contribution in [0.3, 0.4) is 0 Å². The Morgan fingerprint density at radius 2 is 1.55 bits per heavy atom. The van der Waals surface area contributed by atoms with Gasteiger partial charge < -0.3 is 13.9 Å². The predicted molar refractivity (Wildman–Crippen MR) is 86.1 cm³/mol. The molecule has 128 valence electrons. The Bertz CT molecular complexity index is 289. The predicted octanol–water partition coefficient (Wildman–Crippen LogP) is 1.92. The zero-order valence-electron chi connectivity index (χ0n) is 15.3. The molecule has 6 heteroatoms. The van der Waals surface area contributed by atoms with Crippen LogP contribution < -0.4 is 34.5 Å². The van der Waals surface area contributed by atoms with Gasteiger partial charge in [-0.2, -0.15) is 0 Å². The third kappa shape index (κ3) is 13.5. The van der Waals surface area contributed by atoms with E-state index in [2.05, 4.69) is 27.7 Å². The minimum Gasteiger partial charge on any atom is -0.756 e. The van der Waals surface area contributed by atoms with Crippen molar-refractivity contribution in [3.63, 3.8) is 0 Å². The maximum absolute atomic E-state index is 11.7. The van der Waals surface area contributed by atoms with E-state index in [-0.39, 0.29) is 42.8 Å². The molecule has 22 heavy (non-hydrogen) atoms. The Kier molecular flexibility index (Phi) is 18.0. The van der Waals surface area contributed by atoms with Crippen molar-refractivity contribution in [3.05, 3.63) is 0 Å². The molecule has 0 aromatic heterocycles. The first-order chi connectivity index (χ1) is 9.99. The van der Waals surface area contributed by atoms with Gasteiger partial charge in [0.2, 0.25) is 0 Å². The van der Waals surface area contributed by atoms with E-state index in [1.807, 2.05) is 0 Å². The van der Waals surface area contributed by atoms with Crippen molar-refractivity contribution in [2.45, 2.75) is 79.1 Å². The summed E-state index contributed by atoms with van der Waals surface area (Å²) in [7, 11) is -4.13. The van der Waals surface area contributed by atoms with Crippen molar-refractivity contribution in [1.29, 1.82) is 0 Å². The van der Waals surface area contributed by atoms with Gasteiger partial charge in [-0.15, -0.1) is 0 Å². The van der Waals surface area contributed by atoms with Gasteiger partial charge in [-0.1, -0.05) is 66.2 Å². The van der Waals surface area contributed by atoms with Gasteiger partial charge in [0.1, 0.15) is 0 Å². The zero-order valence-corrected chi connectivity index (χ0v) is 18.2. The van der Waals surface area contributed by atoms with Gasteiger partial charge in [-0.3, -0.25) is 4.57 Å². The molecule has 0 amide bonds. The van der Waals surface area contributed by atoms with Gasteiger partial charge in [-0.25, -0.2) is 0 Å². The van der Waals surface area contributed by atoms with Gasteiger partial charge in [0, 0.05) is 0 Å². The fraction of sp³-hybridized carbons (Fsp3) is 1.00. The van der Waals surface area contributed by atoms with E-state index in [1.165, 1.54) is 0 Å². The topological polar surface area (TPSA) is 58.6 Å². The second-order valence-corrected chi connectivity index (χ2v) is 7.26. The average Bonchev–Trinajstić information content (AvgIpc) is 2.46. The van der Waals surface area contributed by atoms with Gasteiger partial charge >= 0.3 is 29.6 Å². The molecule has 0 bridgehead atoms. The number of phosphoric ester groups is 1. The molecule has 0 aliphatic rings. The normalized spacial score (nSPS) is 16.6. The Labute approximate surface area is 159 Å². The molecule has 4 nitrogen and oxygen atoms in total. The van der Waals surface area contributed by atoms with E-state index in [1.54, 1.807) is 0 Å². The van der Waals surface area contributed by atoms with Crippen LogP contribution in [0.1, 0.15) is 79.1 Å². The Morgan fingerprint density at radius 3 is 2.05 bits per heavy atom. The molecule has 0 rings (SSSR count). The Hall–Kier alpha value is 1.11. The molecule has 0 saturated carbocycles. The average molecular weight is 344 g/mol. The molecule has 0 aromatic carbocycles. The van der Waals surface area contributed by atoms with Crippen LogP contribution in [0.4, 0.5) is 0 Å². The standard InChI is InChI=1S/C16H35O4P.Na/c1-5-9-11-16(8-4)14-20-21(17,18)19-13-12-15(7-3)10-6-2;/h15-16H,5-14H2,1-4H3,(H,17,18);/q;+1/p-1. The van der Waals surface area contributed by atoms with Gasteiger partial charge in [0.05, 0.1) is 13.2 Å². The van der Waals surface area contributed by atoms with Crippen LogP contribution in [0.25, 0.3) is 0 Å². The summed E-state index contributed by atoms with van der Waals surface area (Å²) >= 11 is 0. The molecule has 3 atom stereocenters. The van der Waals surface area contributed by atoms with Crippen LogP contribution in [0.2, 0.25) is 0 Å². The Balaban J connectivity index is 0. The monoisotopic (exact) mass is 344 g/mol. The molecule has 0 aliphatic heterocycles. The molecule has 0 N–H and O–H groups in total. The van der Waals surface area contributed by atoms with Crippen LogP contribution in [0.5, 0.6) is 0 Å². The second-order valence-electron chi connectivity index (χ2n) is 5.84. The van der Waals surface area contributed by atoms with E-state index >= 15 is 0 Å². The number of hydrogen-bond acceptors (Lipinski definition) is 4. The first kappa shape index (κ1) is 25.4. The molecular weight excluding hydrogens is 310 g/mol. The van der Waals surface area contributed by atoms with Gasteiger partial charge in [-0.05, 0) is 24.7 Å². The SMILES string of the molecule is CCCCC(CC)COP(=O)([O-])OCCC(CC)CCC.[Na+]. The van der Waals surface area contributed by atoms with Gasteiger partial charge in [0.15, 0.2) is 0 Å². The van der Waals surface area contributed by atoms with E-state index in [4.69, 9.17) is 9.05 Å². The molecule has 0 fully saturated rings. The fourth-order valence-corrected chi connectivity index (χ4v) is 3.22. The zero-order chi connectivity index (χ0) is 16.1. The quantitative estimate of drug-likeness (QED) is 0.357. The molecule has 0 radical (unpaired) electrons. The van der Waals surface area contributed by atoms with Gasteiger partial charge in [0.25, 0.3) is 7.82 Å². The maximum Gasteiger partial charge on any atom is 1.00 e. The van der Waals surface area contributed by atoms with E-state index in [0.717, 1.165) is 51.4 Å². The number of phosphoric acid groups is 1.